The van der Waals surface area contributed by atoms with Gasteiger partial charge in [-0.05, 0) is 48.7 Å². The molecule has 1 aromatic heterocycles. The van der Waals surface area contributed by atoms with Crippen LogP contribution in [-0.4, -0.2) is 34.3 Å². The van der Waals surface area contributed by atoms with Gasteiger partial charge in [-0.1, -0.05) is 24.4 Å². The van der Waals surface area contributed by atoms with Gasteiger partial charge in [-0.15, -0.1) is 0 Å². The third-order valence-electron chi connectivity index (χ3n) is 4.66. The van der Waals surface area contributed by atoms with Gasteiger partial charge in [-0.3, -0.25) is 4.79 Å². The van der Waals surface area contributed by atoms with E-state index in [0.717, 1.165) is 25.7 Å². The summed E-state index contributed by atoms with van der Waals surface area (Å²) >= 11 is 12.0. The number of halogens is 2. The highest BCUT2D eigenvalue weighted by atomic mass is 35.5. The van der Waals surface area contributed by atoms with Gasteiger partial charge < -0.3 is 15.3 Å². The molecule has 0 spiro atoms. The van der Waals surface area contributed by atoms with Crippen LogP contribution in [0.4, 0.5) is 11.5 Å². The number of aliphatic hydroxyl groups is 1. The largest absolute Gasteiger partial charge is 0.373 e. The zero-order valence-electron chi connectivity index (χ0n) is 14.3. The minimum Gasteiger partial charge on any atom is -0.373 e. The third kappa shape index (κ3) is 4.26. The van der Waals surface area contributed by atoms with Crippen molar-refractivity contribution in [2.24, 2.45) is 5.92 Å². The number of carbonyl (C=O) groups excluding carboxylic acids is 1. The number of amides is 1. The van der Waals surface area contributed by atoms with E-state index in [4.69, 9.17) is 23.2 Å². The summed E-state index contributed by atoms with van der Waals surface area (Å²) in [4.78, 5) is 22.4. The third-order valence-corrected chi connectivity index (χ3v) is 5.17. The maximum atomic E-state index is 12.6. The molecule has 1 heterocycles. The van der Waals surface area contributed by atoms with Gasteiger partial charge in [0, 0.05) is 24.8 Å². The number of carbonyl (C=O) groups is 1. The Balaban J connectivity index is 1.79. The van der Waals surface area contributed by atoms with Crippen molar-refractivity contribution in [3.63, 3.8) is 0 Å². The molecule has 26 heavy (non-hydrogen) atoms. The number of anilines is 2. The van der Waals surface area contributed by atoms with Crippen LogP contribution in [-0.2, 0) is 0 Å². The Morgan fingerprint density at radius 2 is 2.04 bits per heavy atom. The number of nitrogens with zero attached hydrogens (tertiary/aromatic N) is 3. The summed E-state index contributed by atoms with van der Waals surface area (Å²) in [6.45, 7) is 0. The molecule has 1 fully saturated rings. The maximum absolute atomic E-state index is 12.6. The lowest BCUT2D eigenvalue weighted by Crippen LogP contribution is -2.39. The van der Waals surface area contributed by atoms with Crippen molar-refractivity contribution in [2.75, 3.05) is 11.9 Å². The summed E-state index contributed by atoms with van der Waals surface area (Å²) in [5, 5.41) is 13.4. The Labute approximate surface area is 162 Å². The molecule has 1 aliphatic rings. The predicted molar refractivity (Wildman–Crippen MR) is 102 cm³/mol. The van der Waals surface area contributed by atoms with Crippen molar-refractivity contribution in [3.8, 4) is 0 Å². The second kappa shape index (κ2) is 8.20. The molecule has 0 radical (unpaired) electrons. The highest BCUT2D eigenvalue weighted by molar-refractivity contribution is 6.34. The first kappa shape index (κ1) is 18.9. The van der Waals surface area contributed by atoms with E-state index in [1.165, 1.54) is 0 Å². The van der Waals surface area contributed by atoms with Gasteiger partial charge in [0.15, 0.2) is 0 Å². The first-order valence-electron chi connectivity index (χ1n) is 8.46. The fraction of sp³-hybridized carbons (Fsp3) is 0.389. The number of nitrogens with one attached hydrogen (secondary N) is 1. The first-order valence-corrected chi connectivity index (χ1v) is 9.22. The summed E-state index contributed by atoms with van der Waals surface area (Å²) in [6, 6.07) is 6.80. The zero-order valence-corrected chi connectivity index (χ0v) is 15.8. The number of hydrogen-bond acceptors (Lipinski definition) is 5. The molecule has 1 unspecified atom stereocenters. The molecule has 2 N–H and O–H groups in total. The Hall–Kier alpha value is -1.89. The van der Waals surface area contributed by atoms with E-state index in [1.807, 2.05) is 0 Å². The Kier molecular flexibility index (Phi) is 5.96. The van der Waals surface area contributed by atoms with E-state index < -0.39 is 12.1 Å². The fourth-order valence-corrected chi connectivity index (χ4v) is 3.49. The number of rotatable bonds is 5. The van der Waals surface area contributed by atoms with Gasteiger partial charge in [-0.2, -0.15) is 0 Å². The predicted octanol–water partition coefficient (Wildman–Crippen LogP) is 3.79. The van der Waals surface area contributed by atoms with Crippen LogP contribution in [0.5, 0.6) is 0 Å². The molecule has 0 saturated heterocycles. The SMILES string of the molecule is CN(c1ccc(Cl)c(C(=O)NC(O)C2CCCC2)c1)c1ccnc(Cl)n1. The first-order chi connectivity index (χ1) is 12.5. The molecule has 0 aliphatic heterocycles. The van der Waals surface area contributed by atoms with E-state index in [1.54, 1.807) is 42.4 Å². The molecule has 8 heteroatoms. The molecule has 1 saturated carbocycles. The minimum atomic E-state index is -0.858. The highest BCUT2D eigenvalue weighted by Crippen LogP contribution is 2.29. The molecule has 1 aliphatic carbocycles. The van der Waals surface area contributed by atoms with E-state index in [9.17, 15) is 9.90 Å². The second-order valence-electron chi connectivity index (χ2n) is 6.37. The van der Waals surface area contributed by atoms with Gasteiger partial charge >= 0.3 is 0 Å². The van der Waals surface area contributed by atoms with Crippen molar-refractivity contribution in [3.05, 3.63) is 46.3 Å². The highest BCUT2D eigenvalue weighted by Gasteiger charge is 2.25. The van der Waals surface area contributed by atoms with Crippen LogP contribution in [0.25, 0.3) is 0 Å². The minimum absolute atomic E-state index is 0.103. The Bertz CT molecular complexity index is 797. The van der Waals surface area contributed by atoms with Gasteiger partial charge in [0.2, 0.25) is 5.28 Å². The summed E-state index contributed by atoms with van der Waals surface area (Å²) in [7, 11) is 1.80. The average molecular weight is 395 g/mol. The number of aliphatic hydroxyl groups excluding tert-OH is 1. The lowest BCUT2D eigenvalue weighted by molar-refractivity contribution is 0.0588. The van der Waals surface area contributed by atoms with Crippen LogP contribution < -0.4 is 10.2 Å². The molecule has 3 rings (SSSR count). The Morgan fingerprint density at radius 3 is 2.73 bits per heavy atom. The van der Waals surface area contributed by atoms with Crippen LogP contribution >= 0.6 is 23.2 Å². The number of aromatic nitrogens is 2. The van der Waals surface area contributed by atoms with Crippen LogP contribution in [0.15, 0.2) is 30.5 Å². The normalized spacial score (nSPS) is 15.7. The van der Waals surface area contributed by atoms with Crippen LogP contribution in [0.3, 0.4) is 0 Å². The summed E-state index contributed by atoms with van der Waals surface area (Å²) in [5.74, 6) is 0.293. The van der Waals surface area contributed by atoms with Crippen molar-refractivity contribution in [1.29, 1.82) is 0 Å². The van der Waals surface area contributed by atoms with Gasteiger partial charge in [0.25, 0.3) is 5.91 Å². The standard InChI is InChI=1S/C18H20Cl2N4O2/c1-24(15-8-9-21-18(20)22-15)12-6-7-14(19)13(10-12)17(26)23-16(25)11-4-2-3-5-11/h6-11,16,25H,2-5H2,1H3,(H,23,26). The van der Waals surface area contributed by atoms with Crippen LogP contribution in [0, 0.1) is 5.92 Å². The lowest BCUT2D eigenvalue weighted by atomic mass is 10.1. The molecule has 1 amide bonds. The molecule has 2 aromatic rings. The Morgan fingerprint density at radius 1 is 1.31 bits per heavy atom. The number of hydrogen-bond donors (Lipinski definition) is 2. The monoisotopic (exact) mass is 394 g/mol. The number of benzene rings is 1. The maximum Gasteiger partial charge on any atom is 0.254 e. The molecule has 1 aromatic carbocycles. The second-order valence-corrected chi connectivity index (χ2v) is 7.12. The molecular weight excluding hydrogens is 375 g/mol. The van der Waals surface area contributed by atoms with E-state index in [2.05, 4.69) is 15.3 Å². The van der Waals surface area contributed by atoms with Gasteiger partial charge in [-0.25, -0.2) is 9.97 Å². The quantitative estimate of drug-likeness (QED) is 0.595. The summed E-state index contributed by atoms with van der Waals surface area (Å²) in [5.41, 5.74) is 1.01. The summed E-state index contributed by atoms with van der Waals surface area (Å²) < 4.78 is 0. The van der Waals surface area contributed by atoms with Crippen molar-refractivity contribution >= 4 is 40.6 Å². The zero-order chi connectivity index (χ0) is 18.7. The molecule has 6 nitrogen and oxygen atoms in total. The van der Waals surface area contributed by atoms with Crippen molar-refractivity contribution < 1.29 is 9.90 Å². The van der Waals surface area contributed by atoms with Crippen molar-refractivity contribution in [2.45, 2.75) is 31.9 Å². The van der Waals surface area contributed by atoms with E-state index in [-0.39, 0.29) is 11.2 Å². The molecule has 1 atom stereocenters. The molecule has 138 valence electrons. The fourth-order valence-electron chi connectivity index (χ4n) is 3.14. The smallest absolute Gasteiger partial charge is 0.254 e. The lowest BCUT2D eigenvalue weighted by Gasteiger charge is -2.21. The topological polar surface area (TPSA) is 78.4 Å². The van der Waals surface area contributed by atoms with Gasteiger partial charge in [0.1, 0.15) is 12.0 Å². The molecular formula is C18H20Cl2N4O2. The van der Waals surface area contributed by atoms with E-state index in [0.29, 0.717) is 22.1 Å². The van der Waals surface area contributed by atoms with E-state index >= 15 is 0 Å². The summed E-state index contributed by atoms with van der Waals surface area (Å²) in [6.07, 6.45) is 4.71. The van der Waals surface area contributed by atoms with Crippen LogP contribution in [0.1, 0.15) is 36.0 Å². The molecule has 0 bridgehead atoms. The van der Waals surface area contributed by atoms with Gasteiger partial charge in [0.05, 0.1) is 10.6 Å². The van der Waals surface area contributed by atoms with Crippen LogP contribution in [0.2, 0.25) is 10.3 Å². The average Bonchev–Trinajstić information content (AvgIpc) is 3.16. The van der Waals surface area contributed by atoms with Crippen molar-refractivity contribution in [1.82, 2.24) is 15.3 Å².